The van der Waals surface area contributed by atoms with Crippen LogP contribution in [0.25, 0.3) is 0 Å². The van der Waals surface area contributed by atoms with E-state index >= 15 is 0 Å². The molecule has 0 saturated carbocycles. The predicted molar refractivity (Wildman–Crippen MR) is 74.1 cm³/mol. The van der Waals surface area contributed by atoms with Gasteiger partial charge in [0.25, 0.3) is 0 Å². The van der Waals surface area contributed by atoms with Gasteiger partial charge in [0.15, 0.2) is 5.78 Å². The average Bonchev–Trinajstić information content (AvgIpc) is 2.68. The molecule has 0 bridgehead atoms. The fraction of sp³-hybridized carbons (Fsp3) is 0.714. The Hall–Kier alpha value is -1.12. The Balaban J connectivity index is 0. The number of Topliss-reactive ketones (excluding diaryl/α,β-unsaturated/α-hetero) is 1. The van der Waals surface area contributed by atoms with Gasteiger partial charge in [-0.2, -0.15) is 5.10 Å². The molecule has 17 heavy (non-hydrogen) atoms. The van der Waals surface area contributed by atoms with Gasteiger partial charge in [-0.1, -0.05) is 48.5 Å². The van der Waals surface area contributed by atoms with Gasteiger partial charge in [0.2, 0.25) is 0 Å². The van der Waals surface area contributed by atoms with E-state index in [9.17, 15) is 4.79 Å². The first-order valence-corrected chi connectivity index (χ1v) is 6.42. The minimum Gasteiger partial charge on any atom is -0.297 e. The van der Waals surface area contributed by atoms with E-state index in [1.165, 1.54) is 0 Å². The number of aromatic nitrogens is 2. The molecule has 0 aliphatic heterocycles. The van der Waals surface area contributed by atoms with Gasteiger partial charge in [-0.15, -0.1) is 0 Å². The van der Waals surface area contributed by atoms with Crippen molar-refractivity contribution in [2.75, 3.05) is 0 Å². The fourth-order valence-corrected chi connectivity index (χ4v) is 0.938. The second-order valence-electron chi connectivity index (χ2n) is 4.39. The van der Waals surface area contributed by atoms with Gasteiger partial charge in [0.05, 0.1) is 12.7 Å². The van der Waals surface area contributed by atoms with Crippen molar-refractivity contribution in [3.8, 4) is 0 Å². The van der Waals surface area contributed by atoms with Crippen LogP contribution in [-0.2, 0) is 11.3 Å². The van der Waals surface area contributed by atoms with E-state index in [2.05, 4.69) is 5.10 Å². The Kier molecular flexibility index (Phi) is 9.63. The van der Waals surface area contributed by atoms with Crippen LogP contribution < -0.4 is 0 Å². The number of rotatable bonds is 2. The predicted octanol–water partition coefficient (Wildman–Crippen LogP) is 3.86. The van der Waals surface area contributed by atoms with Crippen molar-refractivity contribution in [3.63, 3.8) is 0 Å². The number of aryl methyl sites for hydroxylation is 1. The number of hydrogen-bond donors (Lipinski definition) is 0. The quantitative estimate of drug-likeness (QED) is 0.786. The molecule has 1 aromatic heterocycles. The lowest BCUT2D eigenvalue weighted by Gasteiger charge is -2.15. The summed E-state index contributed by atoms with van der Waals surface area (Å²) in [5.74, 6) is 0.204. The molecule has 0 N–H and O–H groups in total. The number of carbonyl (C=O) groups is 1. The fourth-order valence-electron chi connectivity index (χ4n) is 0.938. The first kappa shape index (κ1) is 18.3. The van der Waals surface area contributed by atoms with Crippen LogP contribution in [-0.4, -0.2) is 15.6 Å². The molecular formula is C14H28N2O. The highest BCUT2D eigenvalue weighted by atomic mass is 16.1. The van der Waals surface area contributed by atoms with Crippen LogP contribution in [0.3, 0.4) is 0 Å². The van der Waals surface area contributed by atoms with Gasteiger partial charge in [-0.25, -0.2) is 0 Å². The zero-order chi connectivity index (χ0) is 14.1. The third-order valence-corrected chi connectivity index (χ3v) is 1.90. The lowest BCUT2D eigenvalue weighted by Crippen LogP contribution is -2.25. The topological polar surface area (TPSA) is 34.9 Å². The maximum absolute atomic E-state index is 11.6. The Morgan fingerprint density at radius 2 is 1.71 bits per heavy atom. The van der Waals surface area contributed by atoms with Crippen LogP contribution in [0.1, 0.15) is 54.0 Å². The van der Waals surface area contributed by atoms with E-state index in [1.807, 2.05) is 61.6 Å². The van der Waals surface area contributed by atoms with E-state index in [0.29, 0.717) is 6.54 Å². The summed E-state index contributed by atoms with van der Waals surface area (Å²) in [5.41, 5.74) is 0.807. The van der Waals surface area contributed by atoms with E-state index in [-0.39, 0.29) is 11.2 Å². The smallest absolute Gasteiger partial charge is 0.159 e. The van der Waals surface area contributed by atoms with Gasteiger partial charge < -0.3 is 0 Å². The molecule has 100 valence electrons. The molecule has 0 atom stereocenters. The summed E-state index contributed by atoms with van der Waals surface area (Å²) in [6, 6.07) is 0. The van der Waals surface area contributed by atoms with Crippen LogP contribution in [0.5, 0.6) is 0 Å². The van der Waals surface area contributed by atoms with Crippen molar-refractivity contribution in [2.45, 2.75) is 61.9 Å². The molecule has 1 rings (SSSR count). The largest absolute Gasteiger partial charge is 0.297 e. The highest BCUT2D eigenvalue weighted by Gasteiger charge is 2.21. The molecule has 0 aliphatic rings. The van der Waals surface area contributed by atoms with E-state index in [1.54, 1.807) is 10.9 Å². The van der Waals surface area contributed by atoms with Crippen LogP contribution in [0.15, 0.2) is 12.4 Å². The zero-order valence-corrected chi connectivity index (χ0v) is 12.7. The summed E-state index contributed by atoms with van der Waals surface area (Å²) in [6.07, 6.45) is 3.64. The van der Waals surface area contributed by atoms with Crippen molar-refractivity contribution in [3.05, 3.63) is 18.0 Å². The summed E-state index contributed by atoms with van der Waals surface area (Å²) < 4.78 is 1.68. The minimum atomic E-state index is -0.278. The SMILES string of the molecule is CC.CC.Cc1cnn(CC(=O)C(C)(C)C)c1. The van der Waals surface area contributed by atoms with E-state index in [0.717, 1.165) is 5.56 Å². The second kappa shape index (κ2) is 8.97. The monoisotopic (exact) mass is 240 g/mol. The molecule has 1 aromatic rings. The van der Waals surface area contributed by atoms with Crippen molar-refractivity contribution >= 4 is 5.78 Å². The number of nitrogens with zero attached hydrogens (tertiary/aromatic N) is 2. The first-order chi connectivity index (χ1) is 7.89. The zero-order valence-electron chi connectivity index (χ0n) is 12.7. The summed E-state index contributed by atoms with van der Waals surface area (Å²) in [4.78, 5) is 11.6. The Morgan fingerprint density at radius 3 is 2.00 bits per heavy atom. The van der Waals surface area contributed by atoms with Crippen LogP contribution in [0.4, 0.5) is 0 Å². The van der Waals surface area contributed by atoms with E-state index in [4.69, 9.17) is 0 Å². The Morgan fingerprint density at radius 1 is 1.24 bits per heavy atom. The van der Waals surface area contributed by atoms with Crippen molar-refractivity contribution < 1.29 is 4.79 Å². The lowest BCUT2D eigenvalue weighted by atomic mass is 9.91. The summed E-state index contributed by atoms with van der Waals surface area (Å²) in [5, 5.41) is 4.07. The number of hydrogen-bond acceptors (Lipinski definition) is 2. The molecule has 0 saturated heterocycles. The van der Waals surface area contributed by atoms with Crippen LogP contribution in [0, 0.1) is 12.3 Å². The summed E-state index contributed by atoms with van der Waals surface area (Å²) in [6.45, 7) is 16.1. The van der Waals surface area contributed by atoms with Gasteiger partial charge >= 0.3 is 0 Å². The normalized spacial score (nSPS) is 9.65. The highest BCUT2D eigenvalue weighted by molar-refractivity contribution is 5.83. The second-order valence-corrected chi connectivity index (χ2v) is 4.39. The third kappa shape index (κ3) is 7.72. The summed E-state index contributed by atoms with van der Waals surface area (Å²) in [7, 11) is 0. The molecule has 0 amide bonds. The van der Waals surface area contributed by atoms with Crippen molar-refractivity contribution in [1.82, 2.24) is 9.78 Å². The maximum Gasteiger partial charge on any atom is 0.159 e. The van der Waals surface area contributed by atoms with Gasteiger partial charge in [-0.3, -0.25) is 9.48 Å². The maximum atomic E-state index is 11.6. The number of ketones is 1. The molecule has 0 radical (unpaired) electrons. The average molecular weight is 240 g/mol. The van der Waals surface area contributed by atoms with E-state index < -0.39 is 0 Å². The molecule has 1 heterocycles. The Labute approximate surface area is 106 Å². The number of carbonyl (C=O) groups excluding carboxylic acids is 1. The molecule has 0 spiro atoms. The van der Waals surface area contributed by atoms with Crippen LogP contribution >= 0.6 is 0 Å². The highest BCUT2D eigenvalue weighted by Crippen LogP contribution is 2.15. The molecule has 3 nitrogen and oxygen atoms in total. The standard InChI is InChI=1S/C10H16N2O.2C2H6/c1-8-5-11-12(6-8)7-9(13)10(2,3)4;2*1-2/h5-6H,7H2,1-4H3;2*1-2H3. The first-order valence-electron chi connectivity index (χ1n) is 6.42. The lowest BCUT2D eigenvalue weighted by molar-refractivity contribution is -0.127. The van der Waals surface area contributed by atoms with Crippen molar-refractivity contribution in [1.29, 1.82) is 0 Å². The third-order valence-electron chi connectivity index (χ3n) is 1.90. The molecule has 0 fully saturated rings. The van der Waals surface area contributed by atoms with Gasteiger partial charge in [-0.05, 0) is 12.5 Å². The van der Waals surface area contributed by atoms with Crippen LogP contribution in [0.2, 0.25) is 0 Å². The Bertz CT molecular complexity index is 308. The molecule has 0 aromatic carbocycles. The van der Waals surface area contributed by atoms with Crippen molar-refractivity contribution in [2.24, 2.45) is 5.41 Å². The molecular weight excluding hydrogens is 212 g/mol. The molecule has 0 aliphatic carbocycles. The summed E-state index contributed by atoms with van der Waals surface area (Å²) >= 11 is 0. The van der Waals surface area contributed by atoms with Gasteiger partial charge in [0, 0.05) is 11.6 Å². The minimum absolute atomic E-state index is 0.204. The van der Waals surface area contributed by atoms with Gasteiger partial charge in [0.1, 0.15) is 0 Å². The molecule has 0 unspecified atom stereocenters. The molecule has 3 heteroatoms.